The number of nitrogens with zero attached hydrogens (tertiary/aromatic N) is 2. The number of amides is 2. The van der Waals surface area contributed by atoms with Crippen LogP contribution in [-0.4, -0.2) is 21.5 Å². The Labute approximate surface area is 250 Å². The molecule has 0 unspecified atom stereocenters. The van der Waals surface area contributed by atoms with Crippen molar-refractivity contribution in [1.29, 1.82) is 0 Å². The second-order valence-electron chi connectivity index (χ2n) is 10.3. The van der Waals surface area contributed by atoms with Gasteiger partial charge in [0.05, 0.1) is 5.69 Å². The number of anilines is 1. The number of carbonyl (C=O) groups is 2. The summed E-state index contributed by atoms with van der Waals surface area (Å²) >= 11 is 11.3. The van der Waals surface area contributed by atoms with E-state index in [1.165, 1.54) is 4.90 Å². The standard InChI is InChI=1S/C33H30ClN3O3S/c1-20(2)24-7-11-28(12-8-24)37-32(39)30(31(38)35-33(37)41)18-25-17-21(3)36(22(25)4)27-13-15-29(16-14-27)40-19-23-5-9-26(34)10-6-23/h5-18,20H,19H2,1-4H3,(H,35,38,41)/b30-18+. The molecule has 0 atom stereocenters. The second kappa shape index (κ2) is 11.7. The smallest absolute Gasteiger partial charge is 0.270 e. The Bertz CT molecular complexity index is 1650. The summed E-state index contributed by atoms with van der Waals surface area (Å²) in [5.41, 5.74) is 6.38. The van der Waals surface area contributed by atoms with Crippen molar-refractivity contribution in [2.24, 2.45) is 0 Å². The van der Waals surface area contributed by atoms with Crippen LogP contribution in [0.2, 0.25) is 5.02 Å². The molecule has 0 bridgehead atoms. The summed E-state index contributed by atoms with van der Waals surface area (Å²) in [4.78, 5) is 27.8. The van der Waals surface area contributed by atoms with Gasteiger partial charge in [-0.05, 0) is 109 Å². The molecule has 1 aliphatic rings. The van der Waals surface area contributed by atoms with Gasteiger partial charge in [-0.25, -0.2) is 0 Å². The molecule has 8 heteroatoms. The fraction of sp³-hybridized carbons (Fsp3) is 0.182. The summed E-state index contributed by atoms with van der Waals surface area (Å²) in [6.07, 6.45) is 1.64. The highest BCUT2D eigenvalue weighted by Crippen LogP contribution is 2.28. The van der Waals surface area contributed by atoms with Crippen molar-refractivity contribution < 1.29 is 14.3 Å². The summed E-state index contributed by atoms with van der Waals surface area (Å²) in [5, 5.41) is 3.43. The second-order valence-corrected chi connectivity index (χ2v) is 11.1. The van der Waals surface area contributed by atoms with Crippen LogP contribution in [0.4, 0.5) is 5.69 Å². The maximum atomic E-state index is 13.5. The molecule has 0 saturated carbocycles. The van der Waals surface area contributed by atoms with E-state index >= 15 is 0 Å². The summed E-state index contributed by atoms with van der Waals surface area (Å²) in [6.45, 7) is 8.60. The molecule has 208 valence electrons. The predicted octanol–water partition coefficient (Wildman–Crippen LogP) is 7.28. The van der Waals surface area contributed by atoms with Crippen LogP contribution in [0.3, 0.4) is 0 Å². The van der Waals surface area contributed by atoms with Crippen molar-refractivity contribution in [3.63, 3.8) is 0 Å². The van der Waals surface area contributed by atoms with Gasteiger partial charge >= 0.3 is 0 Å². The summed E-state index contributed by atoms with van der Waals surface area (Å²) in [5.74, 6) is 0.136. The summed E-state index contributed by atoms with van der Waals surface area (Å²) in [6, 6.07) is 25.0. The van der Waals surface area contributed by atoms with Crippen molar-refractivity contribution in [3.05, 3.63) is 118 Å². The topological polar surface area (TPSA) is 63.6 Å². The third kappa shape index (κ3) is 5.97. The van der Waals surface area contributed by atoms with Crippen LogP contribution in [0.25, 0.3) is 11.8 Å². The third-order valence-corrected chi connectivity index (χ3v) is 7.64. The molecule has 3 aromatic carbocycles. The number of halogens is 1. The highest BCUT2D eigenvalue weighted by atomic mass is 35.5. The Hall–Kier alpha value is -4.20. The van der Waals surface area contributed by atoms with Crippen LogP contribution in [0.1, 0.15) is 47.8 Å². The third-order valence-electron chi connectivity index (χ3n) is 7.10. The molecule has 1 N–H and O–H groups in total. The van der Waals surface area contributed by atoms with Gasteiger partial charge in [-0.3, -0.25) is 19.8 Å². The predicted molar refractivity (Wildman–Crippen MR) is 168 cm³/mol. The molecule has 41 heavy (non-hydrogen) atoms. The van der Waals surface area contributed by atoms with Crippen molar-refractivity contribution in [1.82, 2.24) is 9.88 Å². The lowest BCUT2D eigenvalue weighted by Gasteiger charge is -2.29. The van der Waals surface area contributed by atoms with Crippen LogP contribution < -0.4 is 15.0 Å². The van der Waals surface area contributed by atoms with Gasteiger partial charge in [0.1, 0.15) is 17.9 Å². The van der Waals surface area contributed by atoms with Crippen molar-refractivity contribution >= 4 is 52.5 Å². The van der Waals surface area contributed by atoms with Gasteiger partial charge in [-0.2, -0.15) is 0 Å². The maximum absolute atomic E-state index is 13.5. The van der Waals surface area contributed by atoms with Crippen molar-refractivity contribution in [2.75, 3.05) is 4.90 Å². The minimum Gasteiger partial charge on any atom is -0.489 e. The Morgan fingerprint density at radius 1 is 0.927 bits per heavy atom. The van der Waals surface area contributed by atoms with E-state index in [4.69, 9.17) is 28.6 Å². The van der Waals surface area contributed by atoms with E-state index in [0.717, 1.165) is 39.5 Å². The Balaban J connectivity index is 1.38. The number of aryl methyl sites for hydroxylation is 1. The molecule has 2 amide bonds. The Morgan fingerprint density at radius 2 is 1.56 bits per heavy atom. The SMILES string of the molecule is Cc1cc(/C=C2\C(=O)NC(=S)N(c3ccc(C(C)C)cc3)C2=O)c(C)n1-c1ccc(OCc2ccc(Cl)cc2)cc1. The van der Waals surface area contributed by atoms with Crippen LogP contribution in [0.5, 0.6) is 5.75 Å². The zero-order chi connectivity index (χ0) is 29.3. The van der Waals surface area contributed by atoms with E-state index in [9.17, 15) is 9.59 Å². The number of hydrogen-bond acceptors (Lipinski definition) is 4. The highest BCUT2D eigenvalue weighted by molar-refractivity contribution is 7.80. The first-order chi connectivity index (χ1) is 19.6. The first-order valence-corrected chi connectivity index (χ1v) is 14.1. The lowest BCUT2D eigenvalue weighted by molar-refractivity contribution is -0.122. The minimum atomic E-state index is -0.512. The quantitative estimate of drug-likeness (QED) is 0.141. The minimum absolute atomic E-state index is 0.0257. The molecule has 0 aliphatic carbocycles. The molecule has 2 heterocycles. The lowest BCUT2D eigenvalue weighted by Crippen LogP contribution is -2.54. The average molecular weight is 584 g/mol. The molecular weight excluding hydrogens is 554 g/mol. The number of benzene rings is 3. The Morgan fingerprint density at radius 3 is 2.20 bits per heavy atom. The fourth-order valence-electron chi connectivity index (χ4n) is 4.83. The van der Waals surface area contributed by atoms with E-state index in [1.807, 2.05) is 92.7 Å². The van der Waals surface area contributed by atoms with Crippen LogP contribution in [-0.2, 0) is 16.2 Å². The molecule has 5 rings (SSSR count). The number of ether oxygens (including phenoxy) is 1. The molecule has 1 fully saturated rings. The largest absolute Gasteiger partial charge is 0.489 e. The molecule has 1 saturated heterocycles. The van der Waals surface area contributed by atoms with Crippen LogP contribution >= 0.6 is 23.8 Å². The molecule has 1 aliphatic heterocycles. The summed E-state index contributed by atoms with van der Waals surface area (Å²) in [7, 11) is 0. The van der Waals surface area contributed by atoms with Gasteiger partial charge in [0.2, 0.25) is 0 Å². The van der Waals surface area contributed by atoms with Gasteiger partial charge in [-0.15, -0.1) is 0 Å². The zero-order valence-electron chi connectivity index (χ0n) is 23.3. The average Bonchev–Trinajstić information content (AvgIpc) is 3.23. The van der Waals surface area contributed by atoms with E-state index in [1.54, 1.807) is 6.08 Å². The number of hydrogen-bond donors (Lipinski definition) is 1. The van der Waals surface area contributed by atoms with E-state index in [0.29, 0.717) is 23.2 Å². The number of carbonyl (C=O) groups excluding carboxylic acids is 2. The fourth-order valence-corrected chi connectivity index (χ4v) is 5.23. The molecule has 0 spiro atoms. The van der Waals surface area contributed by atoms with Gasteiger partial charge in [0.25, 0.3) is 11.8 Å². The number of thiocarbonyl (C=S) groups is 1. The maximum Gasteiger partial charge on any atom is 0.270 e. The molecule has 0 radical (unpaired) electrons. The molecular formula is C33H30ClN3O3S. The molecule has 6 nitrogen and oxygen atoms in total. The van der Waals surface area contributed by atoms with Crippen molar-refractivity contribution in [3.8, 4) is 11.4 Å². The first-order valence-electron chi connectivity index (χ1n) is 13.3. The van der Waals surface area contributed by atoms with Crippen LogP contribution in [0, 0.1) is 13.8 Å². The first kappa shape index (κ1) is 28.3. The van der Waals surface area contributed by atoms with E-state index < -0.39 is 11.8 Å². The van der Waals surface area contributed by atoms with Gasteiger partial charge < -0.3 is 9.30 Å². The monoisotopic (exact) mass is 583 g/mol. The van der Waals surface area contributed by atoms with Crippen molar-refractivity contribution in [2.45, 2.75) is 40.2 Å². The number of nitrogens with one attached hydrogen (secondary N) is 1. The Kier molecular flexibility index (Phi) is 8.10. The summed E-state index contributed by atoms with van der Waals surface area (Å²) < 4.78 is 8.00. The van der Waals surface area contributed by atoms with Gasteiger partial charge in [0, 0.05) is 22.1 Å². The normalized spacial score (nSPS) is 14.6. The van der Waals surface area contributed by atoms with Crippen LogP contribution in [0.15, 0.2) is 84.4 Å². The zero-order valence-corrected chi connectivity index (χ0v) is 24.8. The van der Waals surface area contributed by atoms with E-state index in [2.05, 4.69) is 23.7 Å². The highest BCUT2D eigenvalue weighted by Gasteiger charge is 2.34. The molecule has 4 aromatic rings. The molecule has 1 aromatic heterocycles. The van der Waals surface area contributed by atoms with Gasteiger partial charge in [0.15, 0.2) is 5.11 Å². The van der Waals surface area contributed by atoms with Gasteiger partial charge in [-0.1, -0.05) is 49.7 Å². The number of rotatable bonds is 7. The number of aromatic nitrogens is 1. The van der Waals surface area contributed by atoms with E-state index in [-0.39, 0.29) is 10.7 Å². The lowest BCUT2D eigenvalue weighted by atomic mass is 10.0.